The molecule has 0 bridgehead atoms. The van der Waals surface area contributed by atoms with Gasteiger partial charge in [-0.2, -0.15) is 0 Å². The van der Waals surface area contributed by atoms with Crippen molar-refractivity contribution in [3.63, 3.8) is 0 Å². The van der Waals surface area contributed by atoms with Gasteiger partial charge in [0.2, 0.25) is 0 Å². The predicted molar refractivity (Wildman–Crippen MR) is 75.1 cm³/mol. The van der Waals surface area contributed by atoms with E-state index in [0.29, 0.717) is 6.04 Å². The van der Waals surface area contributed by atoms with Gasteiger partial charge in [-0.1, -0.05) is 12.8 Å². The molecule has 0 saturated heterocycles. The van der Waals surface area contributed by atoms with Crippen molar-refractivity contribution in [2.45, 2.75) is 45.1 Å². The van der Waals surface area contributed by atoms with Gasteiger partial charge >= 0.3 is 0 Å². The summed E-state index contributed by atoms with van der Waals surface area (Å²) in [6, 6.07) is 5.06. The Morgan fingerprint density at radius 2 is 2.19 bits per heavy atom. The molecule has 1 unspecified atom stereocenters. The van der Waals surface area contributed by atoms with Crippen LogP contribution in [-0.2, 0) is 6.42 Å². The highest BCUT2D eigenvalue weighted by atomic mass is 79.9. The minimum atomic E-state index is 0.700. The highest BCUT2D eigenvalue weighted by molar-refractivity contribution is 9.11. The molecule has 0 spiro atoms. The highest BCUT2D eigenvalue weighted by Gasteiger charge is 2.20. The van der Waals surface area contributed by atoms with Gasteiger partial charge in [0.25, 0.3) is 0 Å². The fourth-order valence-electron chi connectivity index (χ4n) is 2.53. The van der Waals surface area contributed by atoms with Crippen LogP contribution >= 0.6 is 27.3 Å². The van der Waals surface area contributed by atoms with Gasteiger partial charge in [-0.25, -0.2) is 0 Å². The molecule has 1 aromatic heterocycles. The average Bonchev–Trinajstić information content (AvgIpc) is 2.89. The van der Waals surface area contributed by atoms with Gasteiger partial charge in [0, 0.05) is 17.5 Å². The molecule has 1 fully saturated rings. The molecule has 90 valence electrons. The van der Waals surface area contributed by atoms with E-state index in [9.17, 15) is 0 Å². The number of halogens is 1. The fraction of sp³-hybridized carbons (Fsp3) is 0.692. The first-order valence-electron chi connectivity index (χ1n) is 6.23. The van der Waals surface area contributed by atoms with Crippen LogP contribution < -0.4 is 5.32 Å². The van der Waals surface area contributed by atoms with Gasteiger partial charge in [-0.15, -0.1) is 11.3 Å². The molecule has 0 radical (unpaired) electrons. The van der Waals surface area contributed by atoms with Crippen molar-refractivity contribution in [2.75, 3.05) is 6.54 Å². The van der Waals surface area contributed by atoms with Crippen molar-refractivity contribution in [2.24, 2.45) is 5.92 Å². The third-order valence-electron chi connectivity index (χ3n) is 3.57. The summed E-state index contributed by atoms with van der Waals surface area (Å²) >= 11 is 5.35. The van der Waals surface area contributed by atoms with Crippen LogP contribution in [0.25, 0.3) is 0 Å². The summed E-state index contributed by atoms with van der Waals surface area (Å²) in [5.74, 6) is 0.926. The summed E-state index contributed by atoms with van der Waals surface area (Å²) in [5, 5.41) is 3.67. The van der Waals surface area contributed by atoms with Crippen molar-refractivity contribution < 1.29 is 0 Å². The molecule has 1 N–H and O–H groups in total. The molecule has 2 rings (SSSR count). The second-order valence-electron chi connectivity index (χ2n) is 4.74. The summed E-state index contributed by atoms with van der Waals surface area (Å²) in [4.78, 5) is 1.47. The SMILES string of the molecule is CC(NCCc1ccc(Br)s1)C1CCCC1. The zero-order valence-electron chi connectivity index (χ0n) is 9.84. The largest absolute Gasteiger partial charge is 0.314 e. The maximum atomic E-state index is 3.67. The van der Waals surface area contributed by atoms with E-state index in [1.807, 2.05) is 11.3 Å². The van der Waals surface area contributed by atoms with Crippen molar-refractivity contribution in [1.29, 1.82) is 0 Å². The molecule has 0 aliphatic heterocycles. The Morgan fingerprint density at radius 1 is 1.44 bits per heavy atom. The van der Waals surface area contributed by atoms with Gasteiger partial charge in [-0.3, -0.25) is 0 Å². The van der Waals surface area contributed by atoms with E-state index in [0.717, 1.165) is 18.9 Å². The zero-order valence-corrected chi connectivity index (χ0v) is 12.2. The van der Waals surface area contributed by atoms with Gasteiger partial charge in [0.15, 0.2) is 0 Å². The van der Waals surface area contributed by atoms with Crippen LogP contribution in [-0.4, -0.2) is 12.6 Å². The van der Waals surface area contributed by atoms with Crippen LogP contribution in [0.15, 0.2) is 15.9 Å². The van der Waals surface area contributed by atoms with Crippen LogP contribution in [0.3, 0.4) is 0 Å². The lowest BCUT2D eigenvalue weighted by atomic mass is 10.00. The molecule has 16 heavy (non-hydrogen) atoms. The molecule has 0 aromatic carbocycles. The first-order valence-corrected chi connectivity index (χ1v) is 7.84. The highest BCUT2D eigenvalue weighted by Crippen LogP contribution is 2.27. The average molecular weight is 302 g/mol. The molecule has 1 nitrogen and oxygen atoms in total. The smallest absolute Gasteiger partial charge is 0.0701 e. The van der Waals surface area contributed by atoms with Crippen molar-refractivity contribution in [1.82, 2.24) is 5.32 Å². The van der Waals surface area contributed by atoms with Crippen LogP contribution in [0.1, 0.15) is 37.5 Å². The minimum absolute atomic E-state index is 0.700. The monoisotopic (exact) mass is 301 g/mol. The summed E-state index contributed by atoms with van der Waals surface area (Å²) in [6.07, 6.45) is 6.90. The number of rotatable bonds is 5. The number of nitrogens with one attached hydrogen (secondary N) is 1. The van der Waals surface area contributed by atoms with E-state index in [-0.39, 0.29) is 0 Å². The summed E-state index contributed by atoms with van der Waals surface area (Å²) in [6.45, 7) is 3.46. The third kappa shape index (κ3) is 3.57. The normalized spacial score (nSPS) is 19.1. The Hall–Kier alpha value is 0.140. The van der Waals surface area contributed by atoms with Crippen LogP contribution in [0.5, 0.6) is 0 Å². The number of thiophene rings is 1. The van der Waals surface area contributed by atoms with Gasteiger partial charge in [0.05, 0.1) is 3.79 Å². The maximum Gasteiger partial charge on any atom is 0.0701 e. The lowest BCUT2D eigenvalue weighted by Crippen LogP contribution is -2.33. The predicted octanol–water partition coefficient (Wildman–Crippen LogP) is 4.22. The maximum absolute atomic E-state index is 3.67. The molecule has 1 aliphatic rings. The summed E-state index contributed by atoms with van der Waals surface area (Å²) < 4.78 is 1.24. The van der Waals surface area contributed by atoms with E-state index in [1.165, 1.54) is 34.3 Å². The third-order valence-corrected chi connectivity index (χ3v) is 5.26. The van der Waals surface area contributed by atoms with Crippen molar-refractivity contribution in [3.05, 3.63) is 20.8 Å². The first kappa shape index (κ1) is 12.6. The lowest BCUT2D eigenvalue weighted by molar-refractivity contribution is 0.384. The molecule has 1 aliphatic carbocycles. The second kappa shape index (κ2) is 6.18. The van der Waals surface area contributed by atoms with E-state index in [2.05, 4.69) is 40.3 Å². The molecule has 1 atom stereocenters. The van der Waals surface area contributed by atoms with E-state index in [1.54, 1.807) is 0 Å². The quantitative estimate of drug-likeness (QED) is 0.858. The number of hydrogen-bond donors (Lipinski definition) is 1. The van der Waals surface area contributed by atoms with Crippen LogP contribution in [0.4, 0.5) is 0 Å². The van der Waals surface area contributed by atoms with Crippen LogP contribution in [0.2, 0.25) is 0 Å². The summed E-state index contributed by atoms with van der Waals surface area (Å²) in [7, 11) is 0. The molecule has 1 aromatic rings. The van der Waals surface area contributed by atoms with E-state index < -0.39 is 0 Å². The van der Waals surface area contributed by atoms with Crippen molar-refractivity contribution in [3.8, 4) is 0 Å². The zero-order chi connectivity index (χ0) is 11.4. The molecule has 1 heterocycles. The fourth-order valence-corrected chi connectivity index (χ4v) is 4.02. The van der Waals surface area contributed by atoms with Gasteiger partial charge in [-0.05, 0) is 60.2 Å². The van der Waals surface area contributed by atoms with Gasteiger partial charge < -0.3 is 5.32 Å². The Bertz CT molecular complexity index is 317. The number of hydrogen-bond acceptors (Lipinski definition) is 2. The van der Waals surface area contributed by atoms with E-state index in [4.69, 9.17) is 0 Å². The first-order chi connectivity index (χ1) is 7.75. The molecular formula is C13H20BrNS. The van der Waals surface area contributed by atoms with E-state index >= 15 is 0 Å². The topological polar surface area (TPSA) is 12.0 Å². The summed E-state index contributed by atoms with van der Waals surface area (Å²) in [5.41, 5.74) is 0. The van der Waals surface area contributed by atoms with Crippen molar-refractivity contribution >= 4 is 27.3 Å². The minimum Gasteiger partial charge on any atom is -0.314 e. The molecule has 0 amide bonds. The molecular weight excluding hydrogens is 282 g/mol. The van der Waals surface area contributed by atoms with Crippen LogP contribution in [0, 0.1) is 5.92 Å². The lowest BCUT2D eigenvalue weighted by Gasteiger charge is -2.20. The Balaban J connectivity index is 1.67. The standard InChI is InChI=1S/C13H20BrNS/c1-10(11-4-2-3-5-11)15-9-8-12-6-7-13(14)16-12/h6-7,10-11,15H,2-5,8-9H2,1H3. The Kier molecular flexibility index (Phi) is 4.86. The van der Waals surface area contributed by atoms with Gasteiger partial charge in [0.1, 0.15) is 0 Å². The Labute approximate surface area is 111 Å². The molecule has 3 heteroatoms. The Morgan fingerprint density at radius 3 is 2.81 bits per heavy atom. The second-order valence-corrected chi connectivity index (χ2v) is 7.29. The molecule has 1 saturated carbocycles.